The molecule has 0 aromatic carbocycles. The Labute approximate surface area is 73.5 Å². The van der Waals surface area contributed by atoms with Gasteiger partial charge in [-0.2, -0.15) is 0 Å². The first-order chi connectivity index (χ1) is 3.00. The Morgan fingerprint density at radius 3 is 1.86 bits per heavy atom. The van der Waals surface area contributed by atoms with E-state index in [0.717, 1.165) is 6.42 Å². The first kappa shape index (κ1) is 7.54. The SMILES string of the molecule is C1=CNC=CC1.[CaH2]. The van der Waals surface area contributed by atoms with E-state index in [1.165, 1.54) is 0 Å². The molecule has 1 heterocycles. The molecule has 0 unspecified atom stereocenters. The van der Waals surface area contributed by atoms with Crippen molar-refractivity contribution < 1.29 is 0 Å². The zero-order chi connectivity index (χ0) is 4.24. The number of hydrogen-bond donors (Lipinski definition) is 1. The average molecular weight is 123 g/mol. The molecule has 0 aromatic rings. The van der Waals surface area contributed by atoms with Gasteiger partial charge in [-0.15, -0.1) is 0 Å². The predicted molar refractivity (Wildman–Crippen MR) is 34.6 cm³/mol. The summed E-state index contributed by atoms with van der Waals surface area (Å²) in [5.41, 5.74) is 0. The Hall–Kier alpha value is 0.540. The molecular weight excluding hydrogens is 114 g/mol. The van der Waals surface area contributed by atoms with Crippen molar-refractivity contribution in [2.75, 3.05) is 0 Å². The fraction of sp³-hybridized carbons (Fsp3) is 0.200. The molecule has 0 bridgehead atoms. The third kappa shape index (κ3) is 3.15. The van der Waals surface area contributed by atoms with Crippen LogP contribution in [-0.4, -0.2) is 37.7 Å². The van der Waals surface area contributed by atoms with E-state index in [1.807, 2.05) is 12.4 Å². The number of dihydropyridines is 1. The molecule has 7 heavy (non-hydrogen) atoms. The molecule has 0 aliphatic carbocycles. The monoisotopic (exact) mass is 123 g/mol. The Kier molecular flexibility index (Phi) is 5.05. The van der Waals surface area contributed by atoms with Crippen molar-refractivity contribution in [1.29, 1.82) is 0 Å². The summed E-state index contributed by atoms with van der Waals surface area (Å²) >= 11 is 0. The van der Waals surface area contributed by atoms with E-state index in [2.05, 4.69) is 17.5 Å². The zero-order valence-electron chi connectivity index (χ0n) is 3.52. The van der Waals surface area contributed by atoms with Gasteiger partial charge in [0.25, 0.3) is 0 Å². The molecule has 36 valence electrons. The topological polar surface area (TPSA) is 12.0 Å². The minimum absolute atomic E-state index is 0. The Bertz CT molecular complexity index is 66.1. The molecule has 0 atom stereocenters. The van der Waals surface area contributed by atoms with Crippen molar-refractivity contribution in [2.24, 2.45) is 0 Å². The second kappa shape index (κ2) is 4.69. The van der Waals surface area contributed by atoms with E-state index in [4.69, 9.17) is 0 Å². The first-order valence-corrected chi connectivity index (χ1v) is 2.06. The molecule has 1 rings (SSSR count). The first-order valence-electron chi connectivity index (χ1n) is 2.06. The van der Waals surface area contributed by atoms with Crippen molar-refractivity contribution in [1.82, 2.24) is 5.32 Å². The van der Waals surface area contributed by atoms with Crippen LogP contribution in [0.15, 0.2) is 24.6 Å². The fourth-order valence-corrected chi connectivity index (χ4v) is 0.406. The van der Waals surface area contributed by atoms with Gasteiger partial charge in [-0.1, -0.05) is 12.2 Å². The summed E-state index contributed by atoms with van der Waals surface area (Å²) in [6, 6.07) is 0. The second-order valence-corrected chi connectivity index (χ2v) is 1.21. The summed E-state index contributed by atoms with van der Waals surface area (Å²) in [5, 5.41) is 2.92. The van der Waals surface area contributed by atoms with Gasteiger partial charge in [0.05, 0.1) is 0 Å². The third-order valence-corrected chi connectivity index (χ3v) is 0.700. The van der Waals surface area contributed by atoms with Crippen LogP contribution in [0, 0.1) is 0 Å². The normalized spacial score (nSPS) is 14.9. The zero-order valence-corrected chi connectivity index (χ0v) is 3.52. The molecule has 0 spiro atoms. The van der Waals surface area contributed by atoms with Crippen LogP contribution in [0.5, 0.6) is 0 Å². The number of rotatable bonds is 0. The van der Waals surface area contributed by atoms with Crippen molar-refractivity contribution in [3.8, 4) is 0 Å². The maximum atomic E-state index is 2.92. The molecule has 0 saturated carbocycles. The summed E-state index contributed by atoms with van der Waals surface area (Å²) in [7, 11) is 0. The number of nitrogens with one attached hydrogen (secondary N) is 1. The number of allylic oxidation sites excluding steroid dienone is 2. The average Bonchev–Trinajstić information content (AvgIpc) is 1.72. The van der Waals surface area contributed by atoms with Crippen LogP contribution >= 0.6 is 0 Å². The fourth-order valence-electron chi connectivity index (χ4n) is 0.406. The molecule has 2 heteroatoms. The van der Waals surface area contributed by atoms with Gasteiger partial charge < -0.3 is 5.32 Å². The van der Waals surface area contributed by atoms with E-state index in [1.54, 1.807) is 0 Å². The van der Waals surface area contributed by atoms with Crippen molar-refractivity contribution >= 4 is 37.7 Å². The van der Waals surface area contributed by atoms with Crippen LogP contribution in [0.2, 0.25) is 0 Å². The summed E-state index contributed by atoms with van der Waals surface area (Å²) in [4.78, 5) is 0. The maximum absolute atomic E-state index is 2.92. The van der Waals surface area contributed by atoms with Crippen LogP contribution in [0.25, 0.3) is 0 Å². The van der Waals surface area contributed by atoms with E-state index in [9.17, 15) is 0 Å². The van der Waals surface area contributed by atoms with Crippen LogP contribution in [0.1, 0.15) is 6.42 Å². The molecular formula is C5H9CaN. The summed E-state index contributed by atoms with van der Waals surface area (Å²) in [6.07, 6.45) is 9.08. The third-order valence-electron chi connectivity index (χ3n) is 0.700. The summed E-state index contributed by atoms with van der Waals surface area (Å²) < 4.78 is 0. The molecule has 0 aromatic heterocycles. The second-order valence-electron chi connectivity index (χ2n) is 1.21. The standard InChI is InChI=1S/C5H7N.Ca.2H/c1-2-4-6-5-3-1;;;/h2-6H,1H2;;;. The molecule has 0 radical (unpaired) electrons. The predicted octanol–water partition coefficient (Wildman–Crippen LogP) is 0.0909. The Morgan fingerprint density at radius 1 is 1.14 bits per heavy atom. The van der Waals surface area contributed by atoms with Gasteiger partial charge in [-0.25, -0.2) is 0 Å². The molecule has 1 aliphatic rings. The van der Waals surface area contributed by atoms with Gasteiger partial charge in [0.2, 0.25) is 0 Å². The van der Waals surface area contributed by atoms with Crippen LogP contribution in [0.3, 0.4) is 0 Å². The van der Waals surface area contributed by atoms with Crippen LogP contribution in [0.4, 0.5) is 0 Å². The number of hydrogen-bond acceptors (Lipinski definition) is 1. The van der Waals surface area contributed by atoms with E-state index < -0.39 is 0 Å². The molecule has 1 N–H and O–H groups in total. The van der Waals surface area contributed by atoms with Crippen LogP contribution in [-0.2, 0) is 0 Å². The molecule has 0 amide bonds. The molecule has 0 saturated heterocycles. The summed E-state index contributed by atoms with van der Waals surface area (Å²) in [6.45, 7) is 0. The van der Waals surface area contributed by atoms with Gasteiger partial charge in [-0.3, -0.25) is 0 Å². The van der Waals surface area contributed by atoms with Crippen LogP contribution < -0.4 is 5.32 Å². The van der Waals surface area contributed by atoms with Gasteiger partial charge in [-0.05, 0) is 18.8 Å². The van der Waals surface area contributed by atoms with Crippen molar-refractivity contribution in [3.63, 3.8) is 0 Å². The quantitative estimate of drug-likeness (QED) is 0.450. The van der Waals surface area contributed by atoms with Gasteiger partial charge in [0.1, 0.15) is 0 Å². The molecule has 0 fully saturated rings. The van der Waals surface area contributed by atoms with Gasteiger partial charge >= 0.3 is 37.7 Å². The Balaban J connectivity index is 0.000000360. The van der Waals surface area contributed by atoms with Crippen molar-refractivity contribution in [2.45, 2.75) is 6.42 Å². The van der Waals surface area contributed by atoms with Crippen molar-refractivity contribution in [3.05, 3.63) is 24.6 Å². The molecule has 1 aliphatic heterocycles. The minimum atomic E-state index is 0. The van der Waals surface area contributed by atoms with E-state index >= 15 is 0 Å². The molecule has 1 nitrogen and oxygen atoms in total. The summed E-state index contributed by atoms with van der Waals surface area (Å²) in [5.74, 6) is 0. The van der Waals surface area contributed by atoms with Gasteiger partial charge in [0.15, 0.2) is 0 Å². The van der Waals surface area contributed by atoms with Gasteiger partial charge in [0, 0.05) is 0 Å². The van der Waals surface area contributed by atoms with E-state index in [-0.39, 0.29) is 37.7 Å². The van der Waals surface area contributed by atoms with E-state index in [0.29, 0.717) is 0 Å². The Morgan fingerprint density at radius 2 is 1.71 bits per heavy atom.